The highest BCUT2D eigenvalue weighted by molar-refractivity contribution is 7.45. The van der Waals surface area contributed by atoms with Crippen molar-refractivity contribution in [2.75, 3.05) is 47.5 Å². The number of carbonyl (C=O) groups is 1. The summed E-state index contributed by atoms with van der Waals surface area (Å²) in [6.45, 7) is 1.97. The predicted octanol–water partition coefficient (Wildman–Crippen LogP) is 8.09. The molecule has 0 fully saturated rings. The quantitative estimate of drug-likeness (QED) is 0.0350. The molecule has 0 aliphatic heterocycles. The maximum atomic E-state index is 11.9. The molecule has 1 N–H and O–H groups in total. The molecule has 0 spiro atoms. The molecule has 8 nitrogen and oxygen atoms in total. The van der Waals surface area contributed by atoms with E-state index in [2.05, 4.69) is 11.4 Å². The van der Waals surface area contributed by atoms with Crippen molar-refractivity contribution in [2.24, 2.45) is 0 Å². The van der Waals surface area contributed by atoms with Gasteiger partial charge in [0, 0.05) is 6.42 Å². The number of aliphatic hydroxyl groups excluding tert-OH is 1. The highest BCUT2D eigenvalue weighted by Gasteiger charge is 2.16. The molecule has 0 radical (unpaired) electrons. The van der Waals surface area contributed by atoms with E-state index in [1.54, 1.807) is 0 Å². The number of phosphoric ester groups is 1. The summed E-state index contributed by atoms with van der Waals surface area (Å²) < 4.78 is 26.8. The zero-order chi connectivity index (χ0) is 31.4. The molecule has 0 aliphatic carbocycles. The second-order valence-corrected chi connectivity index (χ2v) is 14.5. The van der Waals surface area contributed by atoms with Crippen molar-refractivity contribution in [1.29, 1.82) is 0 Å². The first-order chi connectivity index (χ1) is 20.1. The average molecular weight is 622 g/mol. The molecule has 0 rings (SSSR count). The van der Waals surface area contributed by atoms with Gasteiger partial charge < -0.3 is 28.3 Å². The van der Waals surface area contributed by atoms with Crippen LogP contribution in [0.4, 0.5) is 0 Å². The third kappa shape index (κ3) is 32.4. The maximum Gasteiger partial charge on any atom is 0.305 e. The summed E-state index contributed by atoms with van der Waals surface area (Å²) in [5, 5.41) is 9.85. The molecular weight excluding hydrogens is 553 g/mol. The number of ether oxygens (including phenoxy) is 1. The van der Waals surface area contributed by atoms with E-state index >= 15 is 0 Å². The minimum absolute atomic E-state index is 0.00506. The number of hydrogen-bond acceptors (Lipinski definition) is 7. The van der Waals surface area contributed by atoms with Crippen molar-refractivity contribution in [3.8, 4) is 0 Å². The third-order valence-corrected chi connectivity index (χ3v) is 8.57. The van der Waals surface area contributed by atoms with E-state index in [9.17, 15) is 19.4 Å². The molecular formula is C33H68NO7P. The van der Waals surface area contributed by atoms with Gasteiger partial charge in [0.05, 0.1) is 27.7 Å². The van der Waals surface area contributed by atoms with E-state index < -0.39 is 20.5 Å². The first-order valence-corrected chi connectivity index (χ1v) is 18.8. The van der Waals surface area contributed by atoms with Gasteiger partial charge >= 0.3 is 5.97 Å². The lowest BCUT2D eigenvalue weighted by Crippen LogP contribution is -2.37. The van der Waals surface area contributed by atoms with Gasteiger partial charge in [0.25, 0.3) is 7.82 Å². The third-order valence-electron chi connectivity index (χ3n) is 7.61. The van der Waals surface area contributed by atoms with Gasteiger partial charge in [0.2, 0.25) is 0 Å². The Morgan fingerprint density at radius 1 is 0.667 bits per heavy atom. The fourth-order valence-corrected chi connectivity index (χ4v) is 5.56. The van der Waals surface area contributed by atoms with Crippen LogP contribution < -0.4 is 4.89 Å². The Kier molecular flexibility index (Phi) is 27.7. The van der Waals surface area contributed by atoms with E-state index in [-0.39, 0.29) is 19.2 Å². The normalized spacial score (nSPS) is 14.1. The molecule has 0 aliphatic rings. The van der Waals surface area contributed by atoms with Gasteiger partial charge in [-0.1, -0.05) is 142 Å². The first kappa shape index (κ1) is 41.5. The summed E-state index contributed by atoms with van der Waals surface area (Å²) >= 11 is 0. The molecule has 0 aromatic heterocycles. The molecule has 0 aromatic rings. The fraction of sp³-hybridized carbons (Fsp3) is 0.970. The standard InChI is InChI=1S/C33H68NO7P/c1-5-6-7-8-9-10-11-12-13-14-15-16-17-18-19-20-21-22-23-24-25-26-27-33(36)39-30-32(35)31-41-42(37,38)40-29-28-34(2,3)4/h32,35H,5-31H2,1-4H3/t32-/m1/s1. The van der Waals surface area contributed by atoms with Crippen molar-refractivity contribution >= 4 is 13.8 Å². The number of esters is 1. The Morgan fingerprint density at radius 2 is 1.05 bits per heavy atom. The van der Waals surface area contributed by atoms with Crippen LogP contribution in [-0.4, -0.2) is 69.2 Å². The molecule has 0 bridgehead atoms. The van der Waals surface area contributed by atoms with Gasteiger partial charge in [-0.25, -0.2) is 0 Å². The maximum absolute atomic E-state index is 11.9. The Labute approximate surface area is 259 Å². The van der Waals surface area contributed by atoms with Crippen LogP contribution in [0.25, 0.3) is 0 Å². The van der Waals surface area contributed by atoms with Crippen LogP contribution in [0.2, 0.25) is 0 Å². The van der Waals surface area contributed by atoms with Crippen LogP contribution in [0.3, 0.4) is 0 Å². The molecule has 9 heteroatoms. The Balaban J connectivity index is 3.40. The molecule has 0 heterocycles. The average Bonchev–Trinajstić information content (AvgIpc) is 2.92. The summed E-state index contributed by atoms with van der Waals surface area (Å²) in [4.78, 5) is 23.6. The van der Waals surface area contributed by atoms with E-state index in [0.717, 1.165) is 19.3 Å². The first-order valence-electron chi connectivity index (χ1n) is 17.3. The number of nitrogens with zero attached hydrogens (tertiary/aromatic N) is 1. The SMILES string of the molecule is CCCCCCCCCCCCCCCCCCCCCCCCC(=O)OC[C@@H](O)COP(=O)([O-])OCC[N+](C)(C)C. The second-order valence-electron chi connectivity index (χ2n) is 13.1. The summed E-state index contributed by atoms with van der Waals surface area (Å²) in [6, 6.07) is 0. The molecule has 0 saturated heterocycles. The van der Waals surface area contributed by atoms with Gasteiger partial charge in [0.15, 0.2) is 0 Å². The minimum Gasteiger partial charge on any atom is -0.756 e. The number of rotatable bonds is 32. The van der Waals surface area contributed by atoms with Gasteiger partial charge in [-0.3, -0.25) is 9.36 Å². The number of aliphatic hydroxyl groups is 1. The van der Waals surface area contributed by atoms with Gasteiger partial charge in [-0.05, 0) is 6.42 Å². The molecule has 2 atom stereocenters. The van der Waals surface area contributed by atoms with Crippen LogP contribution in [0.5, 0.6) is 0 Å². The largest absolute Gasteiger partial charge is 0.756 e. The van der Waals surface area contributed by atoms with Crippen molar-refractivity contribution < 1.29 is 37.6 Å². The van der Waals surface area contributed by atoms with Crippen molar-refractivity contribution in [1.82, 2.24) is 0 Å². The summed E-state index contributed by atoms with van der Waals surface area (Å²) in [5.74, 6) is -0.383. The van der Waals surface area contributed by atoms with Crippen molar-refractivity contribution in [3.05, 3.63) is 0 Å². The zero-order valence-electron chi connectivity index (χ0n) is 28.0. The van der Waals surface area contributed by atoms with Crippen LogP contribution in [0, 0.1) is 0 Å². The lowest BCUT2D eigenvalue weighted by molar-refractivity contribution is -0.870. The Morgan fingerprint density at radius 3 is 1.43 bits per heavy atom. The number of quaternary nitrogens is 1. The lowest BCUT2D eigenvalue weighted by atomic mass is 10.0. The second kappa shape index (κ2) is 28.0. The number of hydrogen-bond donors (Lipinski definition) is 1. The van der Waals surface area contributed by atoms with Crippen LogP contribution in [-0.2, 0) is 23.1 Å². The van der Waals surface area contributed by atoms with E-state index in [4.69, 9.17) is 9.26 Å². The molecule has 252 valence electrons. The number of phosphoric acid groups is 1. The minimum atomic E-state index is -4.49. The molecule has 0 amide bonds. The molecule has 42 heavy (non-hydrogen) atoms. The molecule has 0 aromatic carbocycles. The Hall–Kier alpha value is -0.500. The van der Waals surface area contributed by atoms with Gasteiger partial charge in [-0.15, -0.1) is 0 Å². The van der Waals surface area contributed by atoms with Crippen LogP contribution in [0.1, 0.15) is 155 Å². The summed E-state index contributed by atoms with van der Waals surface area (Å²) in [6.07, 6.45) is 28.2. The smallest absolute Gasteiger partial charge is 0.305 e. The summed E-state index contributed by atoms with van der Waals surface area (Å²) in [7, 11) is 1.26. The van der Waals surface area contributed by atoms with Crippen molar-refractivity contribution in [3.63, 3.8) is 0 Å². The summed E-state index contributed by atoms with van der Waals surface area (Å²) in [5.41, 5.74) is 0. The number of likely N-dealkylation sites (N-methyl/N-ethyl adjacent to an activating group) is 1. The van der Waals surface area contributed by atoms with Crippen molar-refractivity contribution in [2.45, 2.75) is 161 Å². The van der Waals surface area contributed by atoms with Gasteiger partial charge in [0.1, 0.15) is 25.9 Å². The fourth-order valence-electron chi connectivity index (χ4n) is 4.83. The highest BCUT2D eigenvalue weighted by atomic mass is 31.2. The molecule has 0 saturated carbocycles. The van der Waals surface area contributed by atoms with E-state index in [1.165, 1.54) is 122 Å². The monoisotopic (exact) mass is 621 g/mol. The topological polar surface area (TPSA) is 105 Å². The molecule has 1 unspecified atom stereocenters. The number of unbranched alkanes of at least 4 members (excludes halogenated alkanes) is 21. The van der Waals surface area contributed by atoms with E-state index in [0.29, 0.717) is 17.4 Å². The van der Waals surface area contributed by atoms with Crippen LogP contribution >= 0.6 is 7.82 Å². The van der Waals surface area contributed by atoms with E-state index in [1.807, 2.05) is 21.1 Å². The van der Waals surface area contributed by atoms with Gasteiger partial charge in [-0.2, -0.15) is 0 Å². The highest BCUT2D eigenvalue weighted by Crippen LogP contribution is 2.38. The number of carbonyl (C=O) groups excluding carboxylic acids is 1. The lowest BCUT2D eigenvalue weighted by Gasteiger charge is -2.27. The predicted molar refractivity (Wildman–Crippen MR) is 171 cm³/mol. The Bertz CT molecular complexity index is 657. The zero-order valence-corrected chi connectivity index (χ0v) is 28.9. The van der Waals surface area contributed by atoms with Crippen LogP contribution in [0.15, 0.2) is 0 Å².